The van der Waals surface area contributed by atoms with E-state index in [-0.39, 0.29) is 0 Å². The number of hydrogen-bond donors (Lipinski definition) is 2. The average Bonchev–Trinajstić information content (AvgIpc) is 3.05. The summed E-state index contributed by atoms with van der Waals surface area (Å²) in [6, 6.07) is 0.658. The summed E-state index contributed by atoms with van der Waals surface area (Å²) in [5.74, 6) is 0.545. The Bertz CT molecular complexity index is 356. The lowest BCUT2D eigenvalue weighted by atomic mass is 9.91. The van der Waals surface area contributed by atoms with Gasteiger partial charge >= 0.3 is 5.97 Å². The molecule has 2 N–H and O–H groups in total. The molecular weight excluding hydrogens is 240 g/mol. The summed E-state index contributed by atoms with van der Waals surface area (Å²) < 4.78 is 0. The lowest BCUT2D eigenvalue weighted by Gasteiger charge is -2.38. The number of hydrogen-bond acceptors (Lipinski definition) is 3. The molecular formula is C15H26N2O2. The minimum atomic E-state index is -0.680. The molecule has 3 atom stereocenters. The molecule has 2 saturated carbocycles. The second-order valence-corrected chi connectivity index (χ2v) is 6.74. The van der Waals surface area contributed by atoms with E-state index in [1.165, 1.54) is 19.3 Å². The van der Waals surface area contributed by atoms with Crippen LogP contribution in [0.4, 0.5) is 0 Å². The van der Waals surface area contributed by atoms with Crippen molar-refractivity contribution in [1.29, 1.82) is 0 Å². The van der Waals surface area contributed by atoms with Crippen molar-refractivity contribution in [3.63, 3.8) is 0 Å². The molecule has 4 heteroatoms. The summed E-state index contributed by atoms with van der Waals surface area (Å²) in [7, 11) is 0. The second kappa shape index (κ2) is 5.06. The van der Waals surface area contributed by atoms with Gasteiger partial charge in [0.1, 0.15) is 5.54 Å². The highest BCUT2D eigenvalue weighted by Crippen LogP contribution is 2.44. The predicted molar refractivity (Wildman–Crippen MR) is 74.1 cm³/mol. The van der Waals surface area contributed by atoms with Crippen LogP contribution in [0.3, 0.4) is 0 Å². The summed E-state index contributed by atoms with van der Waals surface area (Å²) in [6.45, 7) is 4.75. The van der Waals surface area contributed by atoms with Crippen molar-refractivity contribution in [2.45, 2.75) is 57.0 Å². The number of likely N-dealkylation sites (tertiary alicyclic amines) is 1. The minimum Gasteiger partial charge on any atom is -0.480 e. The first-order valence-electron chi connectivity index (χ1n) is 7.88. The summed E-state index contributed by atoms with van der Waals surface area (Å²) in [5, 5.41) is 13.2. The molecule has 0 amide bonds. The third-order valence-electron chi connectivity index (χ3n) is 5.32. The van der Waals surface area contributed by atoms with E-state index in [0.29, 0.717) is 18.5 Å². The fourth-order valence-corrected chi connectivity index (χ4v) is 4.11. The number of carboxylic acid groups (broad SMARTS) is 1. The molecule has 2 aliphatic carbocycles. The van der Waals surface area contributed by atoms with Crippen molar-refractivity contribution >= 4 is 5.97 Å². The van der Waals surface area contributed by atoms with Crippen molar-refractivity contribution in [3.05, 3.63) is 0 Å². The topological polar surface area (TPSA) is 52.6 Å². The van der Waals surface area contributed by atoms with E-state index in [9.17, 15) is 9.90 Å². The van der Waals surface area contributed by atoms with E-state index >= 15 is 0 Å². The van der Waals surface area contributed by atoms with Crippen molar-refractivity contribution in [2.75, 3.05) is 19.6 Å². The second-order valence-electron chi connectivity index (χ2n) is 6.74. The lowest BCUT2D eigenvalue weighted by Crippen LogP contribution is -2.61. The van der Waals surface area contributed by atoms with E-state index in [1.807, 2.05) is 0 Å². The summed E-state index contributed by atoms with van der Waals surface area (Å²) in [6.07, 6.45) is 7.07. The number of carboxylic acids is 1. The number of rotatable bonds is 7. The van der Waals surface area contributed by atoms with Crippen LogP contribution in [-0.4, -0.2) is 47.2 Å². The first-order chi connectivity index (χ1) is 9.15. The molecule has 1 aliphatic heterocycles. The number of nitrogens with zero attached hydrogens (tertiary/aromatic N) is 1. The normalized spacial score (nSPS) is 33.5. The van der Waals surface area contributed by atoms with Crippen LogP contribution in [0.5, 0.6) is 0 Å². The van der Waals surface area contributed by atoms with Gasteiger partial charge in [0.05, 0.1) is 0 Å². The summed E-state index contributed by atoms with van der Waals surface area (Å²) in [4.78, 5) is 14.4. The molecule has 3 unspecified atom stereocenters. The molecule has 0 aromatic heterocycles. The van der Waals surface area contributed by atoms with Gasteiger partial charge in [0.25, 0.3) is 0 Å². The van der Waals surface area contributed by atoms with Crippen LogP contribution in [0, 0.1) is 11.8 Å². The fraction of sp³-hybridized carbons (Fsp3) is 0.933. The number of fused-ring (bicyclic) bond motifs is 2. The summed E-state index contributed by atoms with van der Waals surface area (Å²) >= 11 is 0. The lowest BCUT2D eigenvalue weighted by molar-refractivity contribution is -0.147. The third-order valence-corrected chi connectivity index (χ3v) is 5.32. The van der Waals surface area contributed by atoms with E-state index in [2.05, 4.69) is 17.1 Å². The maximum Gasteiger partial charge on any atom is 0.325 e. The van der Waals surface area contributed by atoms with E-state index in [0.717, 1.165) is 38.3 Å². The standard InChI is InChI=1S/C15H26N2O2/c1-2-7-16-15(14(18)19,12-4-5-12)10-17-9-11-3-6-13(17)8-11/h11-13,16H,2-10H2,1H3,(H,18,19). The Hall–Kier alpha value is -0.610. The molecule has 3 fully saturated rings. The Morgan fingerprint density at radius 2 is 2.16 bits per heavy atom. The third kappa shape index (κ3) is 2.40. The van der Waals surface area contributed by atoms with Crippen LogP contribution in [0.1, 0.15) is 45.4 Å². The molecule has 0 aromatic carbocycles. The molecule has 3 aliphatic rings. The minimum absolute atomic E-state index is 0.343. The number of piperidine rings is 1. The van der Waals surface area contributed by atoms with Gasteiger partial charge in [-0.05, 0) is 56.9 Å². The van der Waals surface area contributed by atoms with Gasteiger partial charge in [0.15, 0.2) is 0 Å². The Labute approximate surface area is 115 Å². The fourth-order valence-electron chi connectivity index (χ4n) is 4.11. The molecule has 0 radical (unpaired) electrons. The maximum absolute atomic E-state index is 11.9. The molecule has 0 spiro atoms. The first-order valence-corrected chi connectivity index (χ1v) is 7.88. The van der Waals surface area contributed by atoms with Gasteiger partial charge in [-0.1, -0.05) is 6.92 Å². The Balaban J connectivity index is 1.72. The highest BCUT2D eigenvalue weighted by molar-refractivity contribution is 5.80. The van der Waals surface area contributed by atoms with E-state index in [4.69, 9.17) is 0 Å². The molecule has 19 heavy (non-hydrogen) atoms. The highest BCUT2D eigenvalue weighted by atomic mass is 16.4. The Kier molecular flexibility index (Phi) is 3.56. The van der Waals surface area contributed by atoms with Gasteiger partial charge in [-0.15, -0.1) is 0 Å². The molecule has 0 aromatic rings. The first kappa shape index (κ1) is 13.4. The van der Waals surface area contributed by atoms with Crippen LogP contribution >= 0.6 is 0 Å². The predicted octanol–water partition coefficient (Wildman–Crippen LogP) is 1.70. The van der Waals surface area contributed by atoms with Gasteiger partial charge in [0.2, 0.25) is 0 Å². The van der Waals surface area contributed by atoms with Crippen molar-refractivity contribution < 1.29 is 9.90 Å². The molecule has 1 heterocycles. The van der Waals surface area contributed by atoms with Gasteiger partial charge in [-0.25, -0.2) is 0 Å². The SMILES string of the molecule is CCCNC(CN1CC2CCC1C2)(C(=O)O)C1CC1. The van der Waals surface area contributed by atoms with E-state index < -0.39 is 11.5 Å². The number of nitrogens with one attached hydrogen (secondary N) is 1. The quantitative estimate of drug-likeness (QED) is 0.736. The van der Waals surface area contributed by atoms with Crippen LogP contribution < -0.4 is 5.32 Å². The van der Waals surface area contributed by atoms with Gasteiger partial charge in [0, 0.05) is 19.1 Å². The zero-order valence-electron chi connectivity index (χ0n) is 11.9. The highest BCUT2D eigenvalue weighted by Gasteiger charge is 2.53. The van der Waals surface area contributed by atoms with Crippen LogP contribution in [-0.2, 0) is 4.79 Å². The van der Waals surface area contributed by atoms with Crippen LogP contribution in [0.25, 0.3) is 0 Å². The van der Waals surface area contributed by atoms with Crippen molar-refractivity contribution in [3.8, 4) is 0 Å². The molecule has 108 valence electrons. The van der Waals surface area contributed by atoms with E-state index in [1.54, 1.807) is 0 Å². The Morgan fingerprint density at radius 1 is 1.37 bits per heavy atom. The van der Waals surface area contributed by atoms with Gasteiger partial charge < -0.3 is 10.4 Å². The largest absolute Gasteiger partial charge is 0.480 e. The average molecular weight is 266 g/mol. The number of aliphatic carboxylic acids is 1. The Morgan fingerprint density at radius 3 is 2.63 bits per heavy atom. The monoisotopic (exact) mass is 266 g/mol. The van der Waals surface area contributed by atoms with Gasteiger partial charge in [-0.3, -0.25) is 9.69 Å². The van der Waals surface area contributed by atoms with Crippen LogP contribution in [0.2, 0.25) is 0 Å². The summed E-state index contributed by atoms with van der Waals surface area (Å²) in [5.41, 5.74) is -0.680. The van der Waals surface area contributed by atoms with Crippen molar-refractivity contribution in [2.24, 2.45) is 11.8 Å². The molecule has 3 rings (SSSR count). The van der Waals surface area contributed by atoms with Crippen LogP contribution in [0.15, 0.2) is 0 Å². The smallest absolute Gasteiger partial charge is 0.325 e. The molecule has 1 saturated heterocycles. The molecule has 4 nitrogen and oxygen atoms in total. The zero-order chi connectivity index (χ0) is 13.5. The van der Waals surface area contributed by atoms with Gasteiger partial charge in [-0.2, -0.15) is 0 Å². The number of carbonyl (C=O) groups is 1. The zero-order valence-corrected chi connectivity index (χ0v) is 11.9. The van der Waals surface area contributed by atoms with Crippen molar-refractivity contribution in [1.82, 2.24) is 10.2 Å². The maximum atomic E-state index is 11.9. The molecule has 2 bridgehead atoms.